The quantitative estimate of drug-likeness (QED) is 0.791. The van der Waals surface area contributed by atoms with Gasteiger partial charge in [-0.05, 0) is 37.5 Å². The molecular weight excluding hydrogens is 306 g/mol. The van der Waals surface area contributed by atoms with Gasteiger partial charge in [-0.3, -0.25) is 0 Å². The highest BCUT2D eigenvalue weighted by Crippen LogP contribution is 2.33. The van der Waals surface area contributed by atoms with Gasteiger partial charge in [-0.2, -0.15) is 0 Å². The molecule has 118 valence electrons. The molecule has 0 saturated carbocycles. The van der Waals surface area contributed by atoms with E-state index in [2.05, 4.69) is 41.3 Å². The summed E-state index contributed by atoms with van der Waals surface area (Å²) in [6.07, 6.45) is 2.69. The van der Waals surface area contributed by atoms with Gasteiger partial charge in [0.2, 0.25) is 0 Å². The van der Waals surface area contributed by atoms with Crippen LogP contribution in [0, 0.1) is 19.8 Å². The first-order valence-electron chi connectivity index (χ1n) is 7.87. The van der Waals surface area contributed by atoms with E-state index in [1.54, 1.807) is 17.7 Å². The highest BCUT2D eigenvalue weighted by molar-refractivity contribution is 7.18. The zero-order valence-electron chi connectivity index (χ0n) is 13.3. The molecule has 2 aromatic heterocycles. The van der Waals surface area contributed by atoms with Gasteiger partial charge >= 0.3 is 0 Å². The van der Waals surface area contributed by atoms with Crippen molar-refractivity contribution < 1.29 is 4.74 Å². The number of nitrogens with one attached hydrogen (secondary N) is 1. The molecule has 0 fully saturated rings. The lowest BCUT2D eigenvalue weighted by atomic mass is 9.97. The van der Waals surface area contributed by atoms with Gasteiger partial charge in [-0.25, -0.2) is 9.97 Å². The van der Waals surface area contributed by atoms with E-state index in [1.165, 1.54) is 16.0 Å². The highest BCUT2D eigenvalue weighted by atomic mass is 32.1. The van der Waals surface area contributed by atoms with E-state index in [0.717, 1.165) is 41.4 Å². The monoisotopic (exact) mass is 325 g/mol. The Morgan fingerprint density at radius 1 is 1.26 bits per heavy atom. The largest absolute Gasteiger partial charge is 0.493 e. The predicted molar refractivity (Wildman–Crippen MR) is 94.5 cm³/mol. The molecule has 0 bridgehead atoms. The van der Waals surface area contributed by atoms with Gasteiger partial charge < -0.3 is 10.1 Å². The van der Waals surface area contributed by atoms with Crippen LogP contribution in [-0.2, 0) is 6.42 Å². The standard InChI is InChI=1S/C18H19N3OS/c1-11-12(2)23-18-16(11)17(20-10-21-18)19-8-13-7-14-5-3-4-6-15(14)22-9-13/h3-6,10,13H,7-9H2,1-2H3,(H,19,20,21). The van der Waals surface area contributed by atoms with E-state index in [0.29, 0.717) is 5.92 Å². The smallest absolute Gasteiger partial charge is 0.138 e. The molecule has 0 saturated heterocycles. The summed E-state index contributed by atoms with van der Waals surface area (Å²) in [7, 11) is 0. The Labute approximate surface area is 139 Å². The molecule has 1 unspecified atom stereocenters. The number of hydrogen-bond donors (Lipinski definition) is 1. The zero-order valence-corrected chi connectivity index (χ0v) is 14.1. The van der Waals surface area contributed by atoms with E-state index in [1.807, 2.05) is 12.1 Å². The van der Waals surface area contributed by atoms with Crippen molar-refractivity contribution in [3.05, 3.63) is 46.6 Å². The van der Waals surface area contributed by atoms with Crippen LogP contribution < -0.4 is 10.1 Å². The third-order valence-electron chi connectivity index (χ3n) is 4.48. The van der Waals surface area contributed by atoms with Gasteiger partial charge in [0, 0.05) is 17.3 Å². The maximum Gasteiger partial charge on any atom is 0.138 e. The van der Waals surface area contributed by atoms with Crippen molar-refractivity contribution in [1.82, 2.24) is 9.97 Å². The van der Waals surface area contributed by atoms with Crippen molar-refractivity contribution in [2.45, 2.75) is 20.3 Å². The van der Waals surface area contributed by atoms with Crippen molar-refractivity contribution in [3.63, 3.8) is 0 Å². The number of rotatable bonds is 3. The van der Waals surface area contributed by atoms with Crippen molar-refractivity contribution in [1.29, 1.82) is 0 Å². The minimum Gasteiger partial charge on any atom is -0.493 e. The summed E-state index contributed by atoms with van der Waals surface area (Å²) in [5.74, 6) is 2.42. The predicted octanol–water partition coefficient (Wildman–Crippen LogP) is 3.97. The van der Waals surface area contributed by atoms with E-state index in [9.17, 15) is 0 Å². The number of anilines is 1. The average Bonchev–Trinajstić information content (AvgIpc) is 2.88. The third kappa shape index (κ3) is 2.65. The van der Waals surface area contributed by atoms with Crippen molar-refractivity contribution in [3.8, 4) is 5.75 Å². The van der Waals surface area contributed by atoms with Gasteiger partial charge in [-0.15, -0.1) is 11.3 Å². The molecule has 23 heavy (non-hydrogen) atoms. The minimum atomic E-state index is 0.454. The maximum atomic E-state index is 5.87. The van der Waals surface area contributed by atoms with Crippen molar-refractivity contribution >= 4 is 27.4 Å². The van der Waals surface area contributed by atoms with Crippen LogP contribution in [-0.4, -0.2) is 23.1 Å². The summed E-state index contributed by atoms with van der Waals surface area (Å²) in [6, 6.07) is 8.29. The second kappa shape index (κ2) is 5.81. The van der Waals surface area contributed by atoms with Gasteiger partial charge in [0.25, 0.3) is 0 Å². The number of benzene rings is 1. The van der Waals surface area contributed by atoms with E-state index >= 15 is 0 Å². The Kier molecular flexibility index (Phi) is 3.65. The molecule has 1 N–H and O–H groups in total. The van der Waals surface area contributed by atoms with Crippen LogP contribution in [0.4, 0.5) is 5.82 Å². The van der Waals surface area contributed by atoms with Gasteiger partial charge in [0.05, 0.1) is 12.0 Å². The topological polar surface area (TPSA) is 47.0 Å². The molecule has 0 amide bonds. The van der Waals surface area contributed by atoms with E-state index in [4.69, 9.17) is 4.74 Å². The molecule has 4 nitrogen and oxygen atoms in total. The van der Waals surface area contributed by atoms with Crippen molar-refractivity contribution in [2.75, 3.05) is 18.5 Å². The Morgan fingerprint density at radius 2 is 2.13 bits per heavy atom. The lowest BCUT2D eigenvalue weighted by Gasteiger charge is -2.25. The molecule has 0 spiro atoms. The van der Waals surface area contributed by atoms with Crippen LogP contribution >= 0.6 is 11.3 Å². The molecule has 0 radical (unpaired) electrons. The molecule has 5 heteroatoms. The summed E-state index contributed by atoms with van der Waals surface area (Å²) in [6.45, 7) is 5.88. The lowest BCUT2D eigenvalue weighted by molar-refractivity contribution is 0.229. The van der Waals surface area contributed by atoms with Gasteiger partial charge in [-0.1, -0.05) is 18.2 Å². The number of fused-ring (bicyclic) bond motifs is 2. The summed E-state index contributed by atoms with van der Waals surface area (Å²) >= 11 is 1.73. The summed E-state index contributed by atoms with van der Waals surface area (Å²) in [5.41, 5.74) is 2.57. The molecule has 3 heterocycles. The number of nitrogens with zero attached hydrogens (tertiary/aromatic N) is 2. The fourth-order valence-electron chi connectivity index (χ4n) is 3.08. The summed E-state index contributed by atoms with van der Waals surface area (Å²) in [4.78, 5) is 11.2. The fraction of sp³-hybridized carbons (Fsp3) is 0.333. The van der Waals surface area contributed by atoms with E-state index < -0.39 is 0 Å². The Morgan fingerprint density at radius 3 is 3.04 bits per heavy atom. The molecule has 1 atom stereocenters. The molecule has 0 aliphatic carbocycles. The normalized spacial score (nSPS) is 16.9. The Bertz CT molecular complexity index is 859. The SMILES string of the molecule is Cc1sc2ncnc(NCC3COc4ccccc4C3)c2c1C. The Hall–Kier alpha value is -2.14. The molecule has 1 aliphatic rings. The Balaban J connectivity index is 1.52. The molecule has 1 aliphatic heterocycles. The first kappa shape index (κ1) is 14.5. The molecule has 1 aromatic carbocycles. The molecular formula is C18H19N3OS. The van der Waals surface area contributed by atoms with Crippen LogP contribution in [0.2, 0.25) is 0 Å². The summed E-state index contributed by atoms with van der Waals surface area (Å²) in [5, 5.41) is 4.68. The average molecular weight is 325 g/mol. The fourth-order valence-corrected chi connectivity index (χ4v) is 4.08. The van der Waals surface area contributed by atoms with Gasteiger partial charge in [0.1, 0.15) is 22.7 Å². The molecule has 3 aromatic rings. The first-order chi connectivity index (χ1) is 11.2. The second-order valence-corrected chi connectivity index (χ2v) is 7.26. The lowest BCUT2D eigenvalue weighted by Crippen LogP contribution is -2.27. The number of para-hydroxylation sites is 1. The third-order valence-corrected chi connectivity index (χ3v) is 5.59. The minimum absolute atomic E-state index is 0.454. The van der Waals surface area contributed by atoms with Crippen molar-refractivity contribution in [2.24, 2.45) is 5.92 Å². The number of aromatic nitrogens is 2. The number of hydrogen-bond acceptors (Lipinski definition) is 5. The first-order valence-corrected chi connectivity index (χ1v) is 8.69. The van der Waals surface area contributed by atoms with E-state index in [-0.39, 0.29) is 0 Å². The molecule has 4 rings (SSSR count). The highest BCUT2D eigenvalue weighted by Gasteiger charge is 2.20. The van der Waals surface area contributed by atoms with Crippen LogP contribution in [0.1, 0.15) is 16.0 Å². The maximum absolute atomic E-state index is 5.87. The van der Waals surface area contributed by atoms with Crippen LogP contribution in [0.5, 0.6) is 5.75 Å². The number of ether oxygens (including phenoxy) is 1. The zero-order chi connectivity index (χ0) is 15.8. The van der Waals surface area contributed by atoms with Crippen LogP contribution in [0.25, 0.3) is 10.2 Å². The van der Waals surface area contributed by atoms with Gasteiger partial charge in [0.15, 0.2) is 0 Å². The summed E-state index contributed by atoms with van der Waals surface area (Å²) < 4.78 is 5.87. The number of aryl methyl sites for hydroxylation is 2. The van der Waals surface area contributed by atoms with Crippen LogP contribution in [0.15, 0.2) is 30.6 Å². The number of thiophene rings is 1. The van der Waals surface area contributed by atoms with Crippen LogP contribution in [0.3, 0.4) is 0 Å². The second-order valence-electron chi connectivity index (χ2n) is 6.06.